The highest BCUT2D eigenvalue weighted by atomic mass is 32.1. The average molecular weight is 363 g/mol. The average Bonchev–Trinajstić information content (AvgIpc) is 3.14. The van der Waals surface area contributed by atoms with E-state index in [1.54, 1.807) is 23.5 Å². The first-order valence-electron chi connectivity index (χ1n) is 8.79. The Morgan fingerprint density at radius 1 is 1.08 bits per heavy atom. The summed E-state index contributed by atoms with van der Waals surface area (Å²) < 4.78 is 0. The molecule has 0 saturated carbocycles. The van der Waals surface area contributed by atoms with Crippen LogP contribution in [-0.2, 0) is 6.42 Å². The van der Waals surface area contributed by atoms with Crippen molar-refractivity contribution >= 4 is 17.2 Å². The van der Waals surface area contributed by atoms with E-state index in [2.05, 4.69) is 23.6 Å². The minimum atomic E-state index is -0.0628. The third kappa shape index (κ3) is 2.71. The molecule has 3 nitrogen and oxygen atoms in total. The molecule has 1 N–H and O–H groups in total. The summed E-state index contributed by atoms with van der Waals surface area (Å²) in [4.78, 5) is 16.8. The maximum absolute atomic E-state index is 13.4. The molecule has 3 aromatic rings. The molecule has 0 aliphatic carbocycles. The molecule has 2 heterocycles. The summed E-state index contributed by atoms with van der Waals surface area (Å²) in [5.74, 6) is 0.258. The summed E-state index contributed by atoms with van der Waals surface area (Å²) in [7, 11) is 0. The Balaban J connectivity index is 1.80. The van der Waals surface area contributed by atoms with Crippen molar-refractivity contribution in [1.82, 2.24) is 4.90 Å². The minimum absolute atomic E-state index is 0.0244. The van der Waals surface area contributed by atoms with Crippen molar-refractivity contribution in [2.75, 3.05) is 6.54 Å². The van der Waals surface area contributed by atoms with E-state index in [4.69, 9.17) is 0 Å². The molecule has 0 spiro atoms. The number of aromatic hydroxyl groups is 1. The van der Waals surface area contributed by atoms with E-state index in [0.29, 0.717) is 12.1 Å². The second-order valence-electron chi connectivity index (χ2n) is 6.74. The molecule has 1 amide bonds. The molecule has 0 saturated heterocycles. The van der Waals surface area contributed by atoms with Gasteiger partial charge in [-0.15, -0.1) is 11.3 Å². The first-order valence-corrected chi connectivity index (χ1v) is 9.67. The summed E-state index contributed by atoms with van der Waals surface area (Å²) in [6.07, 6.45) is 0.887. The highest BCUT2D eigenvalue weighted by Gasteiger charge is 2.33. The van der Waals surface area contributed by atoms with Gasteiger partial charge in [0.05, 0.1) is 6.04 Å². The Hall–Kier alpha value is -2.59. The molecular formula is C22H21NO2S. The number of hydrogen-bond donors (Lipinski definition) is 1. The van der Waals surface area contributed by atoms with E-state index in [1.165, 1.54) is 10.4 Å². The van der Waals surface area contributed by atoms with E-state index >= 15 is 0 Å². The third-order valence-corrected chi connectivity index (χ3v) is 6.33. The van der Waals surface area contributed by atoms with Gasteiger partial charge in [-0.2, -0.15) is 0 Å². The number of fused-ring (bicyclic) bond motifs is 1. The zero-order valence-corrected chi connectivity index (χ0v) is 15.7. The van der Waals surface area contributed by atoms with Crippen LogP contribution in [0.15, 0.2) is 53.9 Å². The van der Waals surface area contributed by atoms with Crippen molar-refractivity contribution in [2.45, 2.75) is 26.3 Å². The molecule has 2 aromatic carbocycles. The van der Waals surface area contributed by atoms with Crippen LogP contribution in [0.5, 0.6) is 5.75 Å². The summed E-state index contributed by atoms with van der Waals surface area (Å²) in [6.45, 7) is 4.45. The molecule has 26 heavy (non-hydrogen) atoms. The first kappa shape index (κ1) is 16.9. The van der Waals surface area contributed by atoms with Gasteiger partial charge >= 0.3 is 0 Å². The maximum atomic E-state index is 13.4. The van der Waals surface area contributed by atoms with Crippen molar-refractivity contribution in [3.8, 4) is 5.75 Å². The summed E-state index contributed by atoms with van der Waals surface area (Å²) in [6, 6.07) is 15.7. The van der Waals surface area contributed by atoms with Crippen LogP contribution >= 0.6 is 11.3 Å². The van der Waals surface area contributed by atoms with Gasteiger partial charge in [0.1, 0.15) is 5.75 Å². The van der Waals surface area contributed by atoms with Crippen molar-refractivity contribution in [1.29, 1.82) is 0 Å². The predicted octanol–water partition coefficient (Wildman–Crippen LogP) is 4.86. The fraction of sp³-hybridized carbons (Fsp3) is 0.227. The molecule has 1 atom stereocenters. The number of phenolic OH excluding ortho intramolecular Hbond substituents is 1. The molecule has 0 bridgehead atoms. The maximum Gasteiger partial charge on any atom is 0.254 e. The Kier molecular flexibility index (Phi) is 4.29. The van der Waals surface area contributed by atoms with Gasteiger partial charge in [-0.1, -0.05) is 30.3 Å². The summed E-state index contributed by atoms with van der Waals surface area (Å²) in [5.41, 5.74) is 4.64. The molecule has 1 unspecified atom stereocenters. The lowest BCUT2D eigenvalue weighted by Gasteiger charge is -2.36. The fourth-order valence-electron chi connectivity index (χ4n) is 3.72. The first-order chi connectivity index (χ1) is 12.6. The third-order valence-electron chi connectivity index (χ3n) is 5.33. The molecule has 1 aliphatic heterocycles. The number of thiophene rings is 1. The van der Waals surface area contributed by atoms with Crippen LogP contribution in [0.3, 0.4) is 0 Å². The van der Waals surface area contributed by atoms with Gasteiger partial charge in [-0.05, 0) is 66.1 Å². The van der Waals surface area contributed by atoms with E-state index < -0.39 is 0 Å². The summed E-state index contributed by atoms with van der Waals surface area (Å²) >= 11 is 1.77. The molecule has 4 heteroatoms. The van der Waals surface area contributed by atoms with Crippen LogP contribution in [0.4, 0.5) is 0 Å². The van der Waals surface area contributed by atoms with Gasteiger partial charge in [0.25, 0.3) is 5.91 Å². The number of rotatable bonds is 2. The minimum Gasteiger partial charge on any atom is -0.508 e. The van der Waals surface area contributed by atoms with Gasteiger partial charge in [-0.3, -0.25) is 4.79 Å². The van der Waals surface area contributed by atoms with Gasteiger partial charge in [0.2, 0.25) is 0 Å². The van der Waals surface area contributed by atoms with Crippen molar-refractivity contribution in [3.63, 3.8) is 0 Å². The van der Waals surface area contributed by atoms with E-state index in [0.717, 1.165) is 23.1 Å². The number of carbonyl (C=O) groups is 1. The zero-order chi connectivity index (χ0) is 18.3. The van der Waals surface area contributed by atoms with Gasteiger partial charge in [0, 0.05) is 17.0 Å². The topological polar surface area (TPSA) is 40.5 Å². The van der Waals surface area contributed by atoms with Crippen LogP contribution in [0.25, 0.3) is 0 Å². The Labute approximate surface area is 157 Å². The SMILES string of the molecule is Cc1c(O)ccc(C(=O)N2CCc3sccc3C2c2ccccc2)c1C. The number of phenols is 1. The molecule has 1 aromatic heterocycles. The Morgan fingerprint density at radius 3 is 2.62 bits per heavy atom. The highest BCUT2D eigenvalue weighted by Crippen LogP contribution is 2.39. The number of hydrogen-bond acceptors (Lipinski definition) is 3. The monoisotopic (exact) mass is 363 g/mol. The van der Waals surface area contributed by atoms with Crippen LogP contribution in [0.2, 0.25) is 0 Å². The number of nitrogens with zero attached hydrogens (tertiary/aromatic N) is 1. The highest BCUT2D eigenvalue weighted by molar-refractivity contribution is 7.10. The number of benzene rings is 2. The Morgan fingerprint density at radius 2 is 1.85 bits per heavy atom. The second-order valence-corrected chi connectivity index (χ2v) is 7.74. The molecule has 0 radical (unpaired) electrons. The summed E-state index contributed by atoms with van der Waals surface area (Å²) in [5, 5.41) is 12.0. The quantitative estimate of drug-likeness (QED) is 0.706. The molecular weight excluding hydrogens is 342 g/mol. The standard InChI is InChI=1S/C22H21NO2S/c1-14-15(2)19(24)9-8-17(14)22(25)23-12-10-20-18(11-13-26-20)21(23)16-6-4-3-5-7-16/h3-9,11,13,21,24H,10,12H2,1-2H3. The van der Waals surface area contributed by atoms with Crippen molar-refractivity contribution in [2.24, 2.45) is 0 Å². The lowest BCUT2D eigenvalue weighted by atomic mass is 9.91. The normalized spacial score (nSPS) is 16.4. The lowest BCUT2D eigenvalue weighted by Crippen LogP contribution is -2.40. The van der Waals surface area contributed by atoms with Crippen LogP contribution in [0, 0.1) is 13.8 Å². The number of carbonyl (C=O) groups excluding carboxylic acids is 1. The van der Waals surface area contributed by atoms with Crippen LogP contribution in [0.1, 0.15) is 43.5 Å². The van der Waals surface area contributed by atoms with E-state index in [1.807, 2.05) is 36.9 Å². The fourth-order valence-corrected chi connectivity index (χ4v) is 4.63. The van der Waals surface area contributed by atoms with E-state index in [-0.39, 0.29) is 17.7 Å². The van der Waals surface area contributed by atoms with Crippen LogP contribution in [-0.4, -0.2) is 22.5 Å². The van der Waals surface area contributed by atoms with Gasteiger partial charge in [0.15, 0.2) is 0 Å². The smallest absolute Gasteiger partial charge is 0.254 e. The molecule has 0 fully saturated rings. The predicted molar refractivity (Wildman–Crippen MR) is 105 cm³/mol. The number of amides is 1. The zero-order valence-electron chi connectivity index (χ0n) is 14.9. The van der Waals surface area contributed by atoms with Gasteiger partial charge in [-0.25, -0.2) is 0 Å². The van der Waals surface area contributed by atoms with Crippen molar-refractivity contribution < 1.29 is 9.90 Å². The molecule has 132 valence electrons. The van der Waals surface area contributed by atoms with Crippen molar-refractivity contribution in [3.05, 3.63) is 86.6 Å². The largest absolute Gasteiger partial charge is 0.508 e. The second kappa shape index (κ2) is 6.61. The molecule has 4 rings (SSSR count). The Bertz CT molecular complexity index is 962. The van der Waals surface area contributed by atoms with E-state index in [9.17, 15) is 9.90 Å². The van der Waals surface area contributed by atoms with Gasteiger partial charge < -0.3 is 10.0 Å². The lowest BCUT2D eigenvalue weighted by molar-refractivity contribution is 0.0695. The molecule has 1 aliphatic rings. The van der Waals surface area contributed by atoms with Crippen LogP contribution < -0.4 is 0 Å².